The molecule has 202 valence electrons. The maximum absolute atomic E-state index is 13.9. The molecule has 1 aliphatic rings. The molecule has 39 heavy (non-hydrogen) atoms. The van der Waals surface area contributed by atoms with Crippen LogP contribution in [-0.2, 0) is 12.5 Å². The first kappa shape index (κ1) is 26.5. The lowest BCUT2D eigenvalue weighted by Crippen LogP contribution is -2.57. The fourth-order valence-electron chi connectivity index (χ4n) is 5.23. The molecular weight excluding hydrogens is 497 g/mol. The predicted molar refractivity (Wildman–Crippen MR) is 146 cm³/mol. The average molecular weight is 530 g/mol. The van der Waals surface area contributed by atoms with E-state index in [1.807, 2.05) is 20.8 Å². The third kappa shape index (κ3) is 4.90. The number of halogens is 1. The van der Waals surface area contributed by atoms with Gasteiger partial charge in [-0.1, -0.05) is 38.1 Å². The van der Waals surface area contributed by atoms with Crippen molar-refractivity contribution in [2.45, 2.75) is 58.2 Å². The van der Waals surface area contributed by atoms with Gasteiger partial charge in [0.15, 0.2) is 5.82 Å². The number of aryl methyl sites for hydroxylation is 1. The van der Waals surface area contributed by atoms with Crippen molar-refractivity contribution < 1.29 is 8.91 Å². The number of hydrogen-bond acceptors (Lipinski definition) is 8. The molecule has 0 amide bonds. The Kier molecular flexibility index (Phi) is 6.72. The van der Waals surface area contributed by atoms with E-state index in [9.17, 15) is 14.4 Å². The highest BCUT2D eigenvalue weighted by atomic mass is 19.1. The van der Waals surface area contributed by atoms with Gasteiger partial charge in [-0.3, -0.25) is 9.69 Å². The number of rotatable bonds is 4. The van der Waals surface area contributed by atoms with Crippen LogP contribution in [0.5, 0.6) is 0 Å². The molecule has 0 bridgehead atoms. The van der Waals surface area contributed by atoms with Gasteiger partial charge in [0.25, 0.3) is 5.56 Å². The van der Waals surface area contributed by atoms with E-state index in [-0.39, 0.29) is 34.9 Å². The van der Waals surface area contributed by atoms with Crippen molar-refractivity contribution in [1.82, 2.24) is 24.6 Å². The lowest BCUT2D eigenvalue weighted by atomic mass is 9.96. The van der Waals surface area contributed by atoms with E-state index in [1.165, 1.54) is 12.1 Å². The van der Waals surface area contributed by atoms with Crippen LogP contribution in [0.4, 0.5) is 10.1 Å². The molecule has 4 heterocycles. The minimum absolute atomic E-state index is 0.00824. The van der Waals surface area contributed by atoms with Gasteiger partial charge in [0.1, 0.15) is 23.1 Å². The molecule has 1 aromatic carbocycles. The van der Waals surface area contributed by atoms with Gasteiger partial charge in [0.2, 0.25) is 5.89 Å². The van der Waals surface area contributed by atoms with E-state index < -0.39 is 0 Å². The molecule has 0 spiro atoms. The van der Waals surface area contributed by atoms with Crippen LogP contribution in [-0.4, -0.2) is 49.8 Å². The van der Waals surface area contributed by atoms with Crippen LogP contribution in [0.3, 0.4) is 0 Å². The Hall–Kier alpha value is -4.10. The summed E-state index contributed by atoms with van der Waals surface area (Å²) in [6, 6.07) is 13.1. The molecule has 0 radical (unpaired) electrons. The summed E-state index contributed by atoms with van der Waals surface area (Å²) in [4.78, 5) is 26.7. The number of aromatic nitrogens is 4. The monoisotopic (exact) mass is 529 g/mol. The smallest absolute Gasteiger partial charge is 0.252 e. The highest BCUT2D eigenvalue weighted by Gasteiger charge is 2.38. The lowest BCUT2D eigenvalue weighted by molar-refractivity contribution is 0.124. The largest absolute Gasteiger partial charge is 0.364 e. The summed E-state index contributed by atoms with van der Waals surface area (Å²) in [5.74, 6) is 0.752. The number of hydrogen-bond donors (Lipinski definition) is 0. The molecule has 0 saturated carbocycles. The van der Waals surface area contributed by atoms with Gasteiger partial charge in [-0.15, -0.1) is 0 Å². The second-order valence-electron chi connectivity index (χ2n) is 11.3. The van der Waals surface area contributed by atoms with Gasteiger partial charge in [0.05, 0.1) is 17.2 Å². The molecule has 1 fully saturated rings. The van der Waals surface area contributed by atoms with Crippen molar-refractivity contribution in [2.24, 2.45) is 7.05 Å². The number of fused-ring (bicyclic) bond motifs is 1. The summed E-state index contributed by atoms with van der Waals surface area (Å²) in [6.07, 6.45) is 0. The lowest BCUT2D eigenvalue weighted by Gasteiger charge is -2.47. The fraction of sp³-hybridized carbons (Fsp3) is 0.414. The molecule has 9 nitrogen and oxygen atoms in total. The Balaban J connectivity index is 1.55. The molecule has 2 unspecified atom stereocenters. The van der Waals surface area contributed by atoms with Gasteiger partial charge in [-0.05, 0) is 43.7 Å². The Morgan fingerprint density at radius 1 is 1.08 bits per heavy atom. The van der Waals surface area contributed by atoms with Crippen LogP contribution in [0.1, 0.15) is 63.6 Å². The topological polar surface area (TPSA) is 104 Å². The molecule has 1 saturated heterocycles. The fourth-order valence-corrected chi connectivity index (χ4v) is 5.23. The standard InChI is InChI=1S/C29H32FN7O2/c1-17-16-37(26(19-7-9-20(30)10-8-19)27-33-28(39-34-27)29(3,4)5)18(2)15-36(17)23-13-24(38)35(6)22-12-11-21(14-31)32-25(22)23/h7-13,17-18,26H,15-16H2,1-6H3/t17-,18?,26?/m0/s1. The van der Waals surface area contributed by atoms with E-state index in [2.05, 4.69) is 39.9 Å². The second kappa shape index (κ2) is 9.89. The normalized spacial score (nSPS) is 19.3. The van der Waals surface area contributed by atoms with Crippen LogP contribution >= 0.6 is 0 Å². The highest BCUT2D eigenvalue weighted by molar-refractivity contribution is 5.89. The molecular formula is C29H32FN7O2. The minimum atomic E-state index is -0.353. The molecule has 1 aliphatic heterocycles. The minimum Gasteiger partial charge on any atom is -0.364 e. The maximum Gasteiger partial charge on any atom is 0.252 e. The summed E-state index contributed by atoms with van der Waals surface area (Å²) >= 11 is 0. The van der Waals surface area contributed by atoms with Crippen molar-refractivity contribution in [3.8, 4) is 6.07 Å². The first-order chi connectivity index (χ1) is 18.5. The molecule has 0 N–H and O–H groups in total. The number of benzene rings is 1. The number of nitriles is 1. The first-order valence-corrected chi connectivity index (χ1v) is 13.0. The van der Waals surface area contributed by atoms with Crippen molar-refractivity contribution in [3.63, 3.8) is 0 Å². The van der Waals surface area contributed by atoms with Gasteiger partial charge in [-0.2, -0.15) is 10.2 Å². The van der Waals surface area contributed by atoms with Gasteiger partial charge in [-0.25, -0.2) is 9.37 Å². The first-order valence-electron chi connectivity index (χ1n) is 13.0. The number of anilines is 1. The van der Waals surface area contributed by atoms with E-state index in [4.69, 9.17) is 9.51 Å². The molecule has 0 aliphatic carbocycles. The zero-order chi connectivity index (χ0) is 28.1. The van der Waals surface area contributed by atoms with Gasteiger partial charge >= 0.3 is 0 Å². The molecule has 3 aromatic heterocycles. The van der Waals surface area contributed by atoms with Crippen LogP contribution in [0.2, 0.25) is 0 Å². The number of nitrogens with zero attached hydrogens (tertiary/aromatic N) is 7. The van der Waals surface area contributed by atoms with Crippen molar-refractivity contribution in [3.05, 3.63) is 81.6 Å². The number of pyridine rings is 2. The summed E-state index contributed by atoms with van der Waals surface area (Å²) in [5, 5.41) is 13.8. The molecule has 10 heteroatoms. The zero-order valence-electron chi connectivity index (χ0n) is 23.0. The van der Waals surface area contributed by atoms with Crippen LogP contribution in [0.25, 0.3) is 11.0 Å². The molecule has 4 aromatic rings. The maximum atomic E-state index is 13.9. The van der Waals surface area contributed by atoms with Gasteiger partial charge in [0, 0.05) is 43.7 Å². The van der Waals surface area contributed by atoms with Crippen LogP contribution in [0.15, 0.2) is 51.8 Å². The Morgan fingerprint density at radius 2 is 1.79 bits per heavy atom. The third-order valence-electron chi connectivity index (χ3n) is 7.37. The zero-order valence-corrected chi connectivity index (χ0v) is 23.0. The van der Waals surface area contributed by atoms with E-state index >= 15 is 0 Å². The second-order valence-corrected chi connectivity index (χ2v) is 11.3. The van der Waals surface area contributed by atoms with E-state index in [1.54, 1.807) is 41.9 Å². The van der Waals surface area contributed by atoms with Gasteiger partial charge < -0.3 is 14.0 Å². The van der Waals surface area contributed by atoms with Crippen LogP contribution < -0.4 is 10.5 Å². The Labute approximate surface area is 226 Å². The van der Waals surface area contributed by atoms with E-state index in [0.29, 0.717) is 47.2 Å². The average Bonchev–Trinajstić information content (AvgIpc) is 3.40. The Morgan fingerprint density at radius 3 is 2.44 bits per heavy atom. The summed E-state index contributed by atoms with van der Waals surface area (Å²) in [5.41, 5.74) is 2.70. The quantitative estimate of drug-likeness (QED) is 0.385. The molecule has 5 rings (SSSR count). The summed E-state index contributed by atoms with van der Waals surface area (Å²) < 4.78 is 21.0. The van der Waals surface area contributed by atoms with E-state index in [0.717, 1.165) is 5.56 Å². The summed E-state index contributed by atoms with van der Waals surface area (Å²) in [7, 11) is 1.70. The third-order valence-corrected chi connectivity index (χ3v) is 7.37. The Bertz CT molecular complexity index is 1610. The number of piperazine rings is 1. The predicted octanol–water partition coefficient (Wildman–Crippen LogP) is 4.31. The van der Waals surface area contributed by atoms with Crippen molar-refractivity contribution in [1.29, 1.82) is 5.26 Å². The SMILES string of the molecule is CC1CN(c2cc(=O)n(C)c3ccc(C#N)nc23)[C@@H](C)CN1C(c1ccc(F)cc1)c1noc(C(C)(C)C)n1. The molecule has 3 atom stereocenters. The highest BCUT2D eigenvalue weighted by Crippen LogP contribution is 2.35. The summed E-state index contributed by atoms with van der Waals surface area (Å²) in [6.45, 7) is 11.4. The van der Waals surface area contributed by atoms with Crippen molar-refractivity contribution >= 4 is 16.7 Å². The van der Waals surface area contributed by atoms with Crippen LogP contribution in [0, 0.1) is 17.1 Å². The van der Waals surface area contributed by atoms with Crippen molar-refractivity contribution in [2.75, 3.05) is 18.0 Å².